The van der Waals surface area contributed by atoms with E-state index in [0.717, 1.165) is 11.3 Å². The van der Waals surface area contributed by atoms with Crippen molar-refractivity contribution in [1.29, 1.82) is 0 Å². The van der Waals surface area contributed by atoms with E-state index in [-0.39, 0.29) is 5.91 Å². The molecule has 0 aliphatic carbocycles. The average Bonchev–Trinajstić information content (AvgIpc) is 3.06. The van der Waals surface area contributed by atoms with Crippen LogP contribution in [-0.4, -0.2) is 22.8 Å². The van der Waals surface area contributed by atoms with E-state index in [1.54, 1.807) is 42.3 Å². The molecule has 3 rings (SSSR count). The number of carbonyl (C=O) groups is 1. The fourth-order valence-corrected chi connectivity index (χ4v) is 2.44. The van der Waals surface area contributed by atoms with E-state index >= 15 is 0 Å². The number of rotatable bonds is 5. The molecule has 0 aliphatic rings. The van der Waals surface area contributed by atoms with Gasteiger partial charge in [-0.15, -0.1) is 0 Å². The Labute approximate surface area is 144 Å². The maximum Gasteiger partial charge on any atom is 0.258 e. The molecule has 0 fully saturated rings. The number of anilines is 1. The predicted molar refractivity (Wildman–Crippen MR) is 93.7 cm³/mol. The van der Waals surface area contributed by atoms with E-state index in [9.17, 15) is 4.79 Å². The Morgan fingerprint density at radius 3 is 2.67 bits per heavy atom. The van der Waals surface area contributed by atoms with Crippen molar-refractivity contribution in [2.75, 3.05) is 12.4 Å². The molecule has 1 aromatic heterocycles. The summed E-state index contributed by atoms with van der Waals surface area (Å²) < 4.78 is 6.78. The van der Waals surface area contributed by atoms with Crippen molar-refractivity contribution in [3.63, 3.8) is 0 Å². The molecule has 0 saturated heterocycles. The first kappa shape index (κ1) is 16.1. The summed E-state index contributed by atoms with van der Waals surface area (Å²) in [5.74, 6) is 0.520. The summed E-state index contributed by atoms with van der Waals surface area (Å²) in [4.78, 5) is 12.3. The van der Waals surface area contributed by atoms with Crippen molar-refractivity contribution in [2.24, 2.45) is 0 Å². The molecule has 5 nitrogen and oxygen atoms in total. The van der Waals surface area contributed by atoms with Crippen molar-refractivity contribution >= 4 is 23.2 Å². The number of ether oxygens (including phenoxy) is 1. The molecule has 0 saturated carbocycles. The van der Waals surface area contributed by atoms with Crippen molar-refractivity contribution in [3.05, 3.63) is 77.1 Å². The van der Waals surface area contributed by atoms with Crippen LogP contribution in [0.3, 0.4) is 0 Å². The van der Waals surface area contributed by atoms with Crippen LogP contribution in [0.5, 0.6) is 5.75 Å². The van der Waals surface area contributed by atoms with Crippen LogP contribution in [0, 0.1) is 0 Å². The van der Waals surface area contributed by atoms with Crippen LogP contribution in [0.1, 0.15) is 15.9 Å². The van der Waals surface area contributed by atoms with Crippen LogP contribution in [-0.2, 0) is 6.54 Å². The molecule has 0 bridgehead atoms. The molecule has 1 amide bonds. The highest BCUT2D eigenvalue weighted by Crippen LogP contribution is 2.17. The predicted octanol–water partition coefficient (Wildman–Crippen LogP) is 3.85. The number of hydrogen-bond donors (Lipinski definition) is 1. The van der Waals surface area contributed by atoms with Gasteiger partial charge >= 0.3 is 0 Å². The highest BCUT2D eigenvalue weighted by Gasteiger charge is 2.10. The minimum Gasteiger partial charge on any atom is -0.497 e. The van der Waals surface area contributed by atoms with E-state index in [0.29, 0.717) is 22.8 Å². The summed E-state index contributed by atoms with van der Waals surface area (Å²) in [6.07, 6.45) is 3.23. The lowest BCUT2D eigenvalue weighted by Gasteiger charge is -2.05. The summed E-state index contributed by atoms with van der Waals surface area (Å²) in [5, 5.41) is 7.72. The minimum atomic E-state index is -0.217. The molecule has 3 aromatic rings. The Bertz CT molecular complexity index is 843. The molecule has 2 aromatic carbocycles. The molecule has 0 atom stereocenters. The molecule has 1 heterocycles. The highest BCUT2D eigenvalue weighted by atomic mass is 35.5. The van der Waals surface area contributed by atoms with Crippen LogP contribution < -0.4 is 10.1 Å². The Kier molecular flexibility index (Phi) is 4.82. The van der Waals surface area contributed by atoms with Crippen LogP contribution in [0.15, 0.2) is 60.9 Å². The van der Waals surface area contributed by atoms with Crippen molar-refractivity contribution in [3.8, 4) is 5.75 Å². The second kappa shape index (κ2) is 7.19. The van der Waals surface area contributed by atoms with Crippen LogP contribution in [0.2, 0.25) is 5.02 Å². The lowest BCUT2D eigenvalue weighted by molar-refractivity contribution is 0.102. The molecule has 0 unspecified atom stereocenters. The van der Waals surface area contributed by atoms with Gasteiger partial charge in [0, 0.05) is 16.9 Å². The Morgan fingerprint density at radius 2 is 1.96 bits per heavy atom. The van der Waals surface area contributed by atoms with Crippen molar-refractivity contribution < 1.29 is 9.53 Å². The third kappa shape index (κ3) is 3.75. The number of aromatic nitrogens is 2. The SMILES string of the molecule is COc1ccc(NC(=O)c2cnn(Cc3ccccc3Cl)c2)cc1. The lowest BCUT2D eigenvalue weighted by atomic mass is 10.2. The molecule has 122 valence electrons. The van der Waals surface area contributed by atoms with Gasteiger partial charge in [0.1, 0.15) is 5.75 Å². The first-order valence-electron chi connectivity index (χ1n) is 7.37. The van der Waals surface area contributed by atoms with Gasteiger partial charge in [-0.2, -0.15) is 5.10 Å². The molecule has 24 heavy (non-hydrogen) atoms. The zero-order valence-corrected chi connectivity index (χ0v) is 13.8. The highest BCUT2D eigenvalue weighted by molar-refractivity contribution is 6.31. The van der Waals surface area contributed by atoms with Gasteiger partial charge in [0.15, 0.2) is 0 Å². The summed E-state index contributed by atoms with van der Waals surface area (Å²) >= 11 is 6.14. The van der Waals surface area contributed by atoms with E-state index in [1.807, 2.05) is 24.3 Å². The number of nitrogens with zero attached hydrogens (tertiary/aromatic N) is 2. The van der Waals surface area contributed by atoms with Gasteiger partial charge in [-0.3, -0.25) is 9.48 Å². The fourth-order valence-electron chi connectivity index (χ4n) is 2.25. The van der Waals surface area contributed by atoms with E-state index in [4.69, 9.17) is 16.3 Å². The largest absolute Gasteiger partial charge is 0.497 e. The maximum atomic E-state index is 12.3. The maximum absolute atomic E-state index is 12.3. The van der Waals surface area contributed by atoms with Crippen LogP contribution >= 0.6 is 11.6 Å². The Hall–Kier alpha value is -2.79. The Morgan fingerprint density at radius 1 is 1.21 bits per heavy atom. The van der Waals surface area contributed by atoms with E-state index in [2.05, 4.69) is 10.4 Å². The lowest BCUT2D eigenvalue weighted by Crippen LogP contribution is -2.11. The first-order valence-corrected chi connectivity index (χ1v) is 7.75. The number of methoxy groups -OCH3 is 1. The van der Waals surface area contributed by atoms with Gasteiger partial charge in [-0.25, -0.2) is 0 Å². The first-order chi connectivity index (χ1) is 11.7. The van der Waals surface area contributed by atoms with E-state index in [1.165, 1.54) is 6.20 Å². The van der Waals surface area contributed by atoms with Gasteiger partial charge < -0.3 is 10.1 Å². The fraction of sp³-hybridized carbons (Fsp3) is 0.111. The number of amides is 1. The van der Waals surface area contributed by atoms with Gasteiger partial charge in [-0.05, 0) is 35.9 Å². The standard InChI is InChI=1S/C18H16ClN3O2/c1-24-16-8-6-15(7-9-16)21-18(23)14-10-20-22(12-14)11-13-4-2-3-5-17(13)19/h2-10,12H,11H2,1H3,(H,21,23). The number of carbonyl (C=O) groups excluding carboxylic acids is 1. The molecule has 0 spiro atoms. The summed E-state index contributed by atoms with van der Waals surface area (Å²) in [6, 6.07) is 14.7. The molecule has 0 aliphatic heterocycles. The second-order valence-electron chi connectivity index (χ2n) is 5.20. The van der Waals surface area contributed by atoms with Gasteiger partial charge in [-0.1, -0.05) is 29.8 Å². The van der Waals surface area contributed by atoms with Gasteiger partial charge in [0.05, 0.1) is 25.4 Å². The minimum absolute atomic E-state index is 0.217. The number of benzene rings is 2. The summed E-state index contributed by atoms with van der Waals surface area (Å²) in [5.41, 5.74) is 2.13. The van der Waals surface area contributed by atoms with Crippen molar-refractivity contribution in [1.82, 2.24) is 9.78 Å². The van der Waals surface area contributed by atoms with Crippen molar-refractivity contribution in [2.45, 2.75) is 6.54 Å². The number of nitrogens with one attached hydrogen (secondary N) is 1. The number of hydrogen-bond acceptors (Lipinski definition) is 3. The third-order valence-corrected chi connectivity index (χ3v) is 3.90. The Balaban J connectivity index is 1.68. The zero-order valence-electron chi connectivity index (χ0n) is 13.1. The van der Waals surface area contributed by atoms with Crippen LogP contribution in [0.4, 0.5) is 5.69 Å². The monoisotopic (exact) mass is 341 g/mol. The quantitative estimate of drug-likeness (QED) is 0.767. The van der Waals surface area contributed by atoms with Gasteiger partial charge in [0.25, 0.3) is 5.91 Å². The average molecular weight is 342 g/mol. The smallest absolute Gasteiger partial charge is 0.258 e. The molecule has 1 N–H and O–H groups in total. The second-order valence-corrected chi connectivity index (χ2v) is 5.61. The molecular weight excluding hydrogens is 326 g/mol. The third-order valence-electron chi connectivity index (χ3n) is 3.53. The summed E-state index contributed by atoms with van der Waals surface area (Å²) in [6.45, 7) is 0.509. The zero-order chi connectivity index (χ0) is 16.9. The normalized spacial score (nSPS) is 10.4. The molecule has 6 heteroatoms. The van der Waals surface area contributed by atoms with Gasteiger partial charge in [0.2, 0.25) is 0 Å². The number of halogens is 1. The molecule has 0 radical (unpaired) electrons. The van der Waals surface area contributed by atoms with Crippen LogP contribution in [0.25, 0.3) is 0 Å². The van der Waals surface area contributed by atoms with E-state index < -0.39 is 0 Å². The topological polar surface area (TPSA) is 56.1 Å². The summed E-state index contributed by atoms with van der Waals surface area (Å²) in [7, 11) is 1.60. The molecular formula is C18H16ClN3O2.